The van der Waals surface area contributed by atoms with Gasteiger partial charge in [0, 0.05) is 31.2 Å². The Bertz CT molecular complexity index is 1160. The lowest BCUT2D eigenvalue weighted by Crippen LogP contribution is -2.58. The molecule has 10 N–H and O–H groups in total. The molecule has 1 aromatic heterocycles. The van der Waals surface area contributed by atoms with Crippen LogP contribution in [0.5, 0.6) is 0 Å². The number of rotatable bonds is 16. The van der Waals surface area contributed by atoms with Crippen molar-refractivity contribution in [2.24, 2.45) is 11.5 Å². The number of aliphatic carboxylic acids is 2. The van der Waals surface area contributed by atoms with Crippen molar-refractivity contribution in [3.05, 3.63) is 54.1 Å². The molecule has 4 unspecified atom stereocenters. The van der Waals surface area contributed by atoms with Gasteiger partial charge in [-0.15, -0.1) is 0 Å². The van der Waals surface area contributed by atoms with Crippen molar-refractivity contribution in [2.75, 3.05) is 0 Å². The summed E-state index contributed by atoms with van der Waals surface area (Å²) in [6.07, 6.45) is 1.22. The number of primary amides is 1. The number of benzene rings is 1. The number of carboxylic acids is 2. The molecule has 210 valence electrons. The zero-order chi connectivity index (χ0) is 28.9. The molecule has 0 aliphatic carbocycles. The molecule has 4 amide bonds. The maximum atomic E-state index is 13.0. The van der Waals surface area contributed by atoms with E-state index in [1.54, 1.807) is 30.3 Å². The monoisotopic (exact) mass is 545 g/mol. The highest BCUT2D eigenvalue weighted by Crippen LogP contribution is 2.07. The van der Waals surface area contributed by atoms with Crippen molar-refractivity contribution in [3.63, 3.8) is 0 Å². The first-order chi connectivity index (χ1) is 18.5. The largest absolute Gasteiger partial charge is 0.481 e. The molecule has 15 heteroatoms. The van der Waals surface area contributed by atoms with Crippen molar-refractivity contribution in [1.82, 2.24) is 25.9 Å². The third kappa shape index (κ3) is 10.6. The number of hydrogen-bond acceptors (Lipinski definition) is 8. The summed E-state index contributed by atoms with van der Waals surface area (Å²) in [5.74, 6) is -6.35. The molecule has 0 spiro atoms. The van der Waals surface area contributed by atoms with Crippen LogP contribution < -0.4 is 27.4 Å². The summed E-state index contributed by atoms with van der Waals surface area (Å²) < 4.78 is 0. The van der Waals surface area contributed by atoms with Crippen molar-refractivity contribution in [2.45, 2.75) is 56.3 Å². The Morgan fingerprint density at radius 3 is 2.05 bits per heavy atom. The predicted molar refractivity (Wildman–Crippen MR) is 135 cm³/mol. The van der Waals surface area contributed by atoms with Gasteiger partial charge in [0.15, 0.2) is 0 Å². The van der Waals surface area contributed by atoms with Gasteiger partial charge in [0.2, 0.25) is 23.6 Å². The second-order valence-corrected chi connectivity index (χ2v) is 8.70. The van der Waals surface area contributed by atoms with Gasteiger partial charge in [-0.25, -0.2) is 9.78 Å². The third-order valence-corrected chi connectivity index (χ3v) is 5.55. The Hall–Kier alpha value is -4.79. The fraction of sp³-hybridized carbons (Fsp3) is 0.375. The van der Waals surface area contributed by atoms with E-state index in [-0.39, 0.29) is 12.8 Å². The first kappa shape index (κ1) is 30.4. The molecular formula is C24H31N7O8. The minimum Gasteiger partial charge on any atom is -0.481 e. The van der Waals surface area contributed by atoms with E-state index >= 15 is 0 Å². The highest BCUT2D eigenvalue weighted by atomic mass is 16.4. The minimum absolute atomic E-state index is 0.0401. The molecule has 2 aromatic rings. The maximum absolute atomic E-state index is 13.0. The maximum Gasteiger partial charge on any atom is 0.326 e. The number of imidazole rings is 1. The molecule has 0 radical (unpaired) electrons. The van der Waals surface area contributed by atoms with E-state index in [1.807, 2.05) is 0 Å². The number of nitrogens with two attached hydrogens (primary N) is 2. The van der Waals surface area contributed by atoms with Gasteiger partial charge >= 0.3 is 11.9 Å². The Morgan fingerprint density at radius 2 is 1.49 bits per heavy atom. The fourth-order valence-electron chi connectivity index (χ4n) is 3.55. The van der Waals surface area contributed by atoms with Gasteiger partial charge in [0.1, 0.15) is 18.1 Å². The number of amides is 4. The van der Waals surface area contributed by atoms with Crippen LogP contribution in [0.15, 0.2) is 42.9 Å². The smallest absolute Gasteiger partial charge is 0.326 e. The lowest BCUT2D eigenvalue weighted by molar-refractivity contribution is -0.143. The molecule has 0 fully saturated rings. The van der Waals surface area contributed by atoms with Crippen LogP contribution in [-0.4, -0.2) is 79.9 Å². The number of aromatic nitrogens is 2. The lowest BCUT2D eigenvalue weighted by atomic mass is 10.0. The van der Waals surface area contributed by atoms with Crippen LogP contribution in [0, 0.1) is 0 Å². The summed E-state index contributed by atoms with van der Waals surface area (Å²) in [6, 6.07) is 2.90. The van der Waals surface area contributed by atoms with Crippen LogP contribution in [0.4, 0.5) is 0 Å². The van der Waals surface area contributed by atoms with Crippen LogP contribution in [0.25, 0.3) is 0 Å². The zero-order valence-corrected chi connectivity index (χ0v) is 20.8. The molecule has 1 aromatic carbocycles. The Balaban J connectivity index is 2.14. The topological polar surface area (TPSA) is 260 Å². The van der Waals surface area contributed by atoms with Crippen LogP contribution in [0.1, 0.15) is 30.5 Å². The van der Waals surface area contributed by atoms with E-state index in [2.05, 4.69) is 25.9 Å². The number of aromatic amines is 1. The quantitative estimate of drug-likeness (QED) is 0.113. The normalized spacial score (nSPS) is 13.8. The SMILES string of the molecule is NC(=O)CC(NC(=O)C(N)Cc1cnc[nH]1)C(=O)NC(CCC(=O)O)C(=O)NC(Cc1ccccc1)C(=O)O. The number of carboxylic acid groups (broad SMARTS) is 2. The summed E-state index contributed by atoms with van der Waals surface area (Å²) in [7, 11) is 0. The summed E-state index contributed by atoms with van der Waals surface area (Å²) >= 11 is 0. The molecule has 0 bridgehead atoms. The third-order valence-electron chi connectivity index (χ3n) is 5.55. The average molecular weight is 546 g/mol. The molecule has 0 saturated heterocycles. The van der Waals surface area contributed by atoms with Gasteiger partial charge in [-0.1, -0.05) is 30.3 Å². The summed E-state index contributed by atoms with van der Waals surface area (Å²) in [4.78, 5) is 79.6. The van der Waals surface area contributed by atoms with Crippen LogP contribution in [-0.2, 0) is 41.6 Å². The van der Waals surface area contributed by atoms with E-state index in [4.69, 9.17) is 16.6 Å². The highest BCUT2D eigenvalue weighted by Gasteiger charge is 2.31. The van der Waals surface area contributed by atoms with Gasteiger partial charge in [-0.2, -0.15) is 0 Å². The average Bonchev–Trinajstić information content (AvgIpc) is 3.38. The molecule has 0 saturated carbocycles. The molecule has 39 heavy (non-hydrogen) atoms. The van der Waals surface area contributed by atoms with Crippen LogP contribution >= 0.6 is 0 Å². The molecular weight excluding hydrogens is 514 g/mol. The number of hydrogen-bond donors (Lipinski definition) is 8. The van der Waals surface area contributed by atoms with E-state index in [0.717, 1.165) is 0 Å². The summed E-state index contributed by atoms with van der Waals surface area (Å²) in [5, 5.41) is 25.6. The van der Waals surface area contributed by atoms with Gasteiger partial charge in [-0.05, 0) is 12.0 Å². The van der Waals surface area contributed by atoms with E-state index in [9.17, 15) is 33.9 Å². The van der Waals surface area contributed by atoms with Crippen molar-refractivity contribution in [1.29, 1.82) is 0 Å². The predicted octanol–water partition coefficient (Wildman–Crippen LogP) is -2.20. The molecule has 4 atom stereocenters. The van der Waals surface area contributed by atoms with Gasteiger partial charge in [0.25, 0.3) is 0 Å². The molecule has 2 rings (SSSR count). The second kappa shape index (κ2) is 14.8. The first-order valence-corrected chi connectivity index (χ1v) is 11.9. The van der Waals surface area contributed by atoms with Gasteiger partial charge < -0.3 is 42.6 Å². The first-order valence-electron chi connectivity index (χ1n) is 11.9. The van der Waals surface area contributed by atoms with E-state index in [1.165, 1.54) is 12.5 Å². The number of H-pyrrole nitrogens is 1. The highest BCUT2D eigenvalue weighted by molar-refractivity contribution is 5.96. The standard InChI is InChI=1S/C24H31N7O8/c25-15(9-14-11-27-12-28-14)21(35)30-17(10-19(26)32)23(37)29-16(6-7-20(33)34)22(36)31-18(24(38)39)8-13-4-2-1-3-5-13/h1-5,11-12,15-18H,6-10,25H2,(H2,26,32)(H,27,28)(H,29,37)(H,30,35)(H,31,36)(H,33,34)(H,38,39). The molecule has 0 aliphatic rings. The van der Waals surface area contributed by atoms with Crippen LogP contribution in [0.3, 0.4) is 0 Å². The fourth-order valence-corrected chi connectivity index (χ4v) is 3.55. The van der Waals surface area contributed by atoms with E-state index < -0.39 is 79.0 Å². The van der Waals surface area contributed by atoms with Gasteiger partial charge in [-0.3, -0.25) is 24.0 Å². The molecule has 15 nitrogen and oxygen atoms in total. The molecule has 1 heterocycles. The number of carbonyl (C=O) groups excluding carboxylic acids is 4. The van der Waals surface area contributed by atoms with E-state index in [0.29, 0.717) is 11.3 Å². The van der Waals surface area contributed by atoms with Crippen molar-refractivity contribution < 1.29 is 39.0 Å². The lowest BCUT2D eigenvalue weighted by Gasteiger charge is -2.24. The van der Waals surface area contributed by atoms with Crippen molar-refractivity contribution >= 4 is 35.6 Å². The van der Waals surface area contributed by atoms with Crippen molar-refractivity contribution in [3.8, 4) is 0 Å². The number of carbonyl (C=O) groups is 6. The van der Waals surface area contributed by atoms with Gasteiger partial charge in [0.05, 0.1) is 18.8 Å². The Morgan fingerprint density at radius 1 is 0.872 bits per heavy atom. The number of nitrogens with zero attached hydrogens (tertiary/aromatic N) is 1. The number of nitrogens with one attached hydrogen (secondary N) is 4. The second-order valence-electron chi connectivity index (χ2n) is 8.70. The Labute approximate surface area is 222 Å². The summed E-state index contributed by atoms with van der Waals surface area (Å²) in [6.45, 7) is 0. The summed E-state index contributed by atoms with van der Waals surface area (Å²) in [5.41, 5.74) is 12.3. The minimum atomic E-state index is -1.54. The Kier molecular flexibility index (Phi) is 11.6. The van der Waals surface area contributed by atoms with Crippen LogP contribution in [0.2, 0.25) is 0 Å². The molecule has 0 aliphatic heterocycles. The zero-order valence-electron chi connectivity index (χ0n) is 20.8.